The number of carbonyl (C=O) groups excluding carboxylic acids is 3. The van der Waals surface area contributed by atoms with Gasteiger partial charge in [0, 0.05) is 45.1 Å². The van der Waals surface area contributed by atoms with E-state index in [-0.39, 0.29) is 17.8 Å². The molecule has 1 aromatic heterocycles. The van der Waals surface area contributed by atoms with Crippen LogP contribution in [0.1, 0.15) is 41.7 Å². The Morgan fingerprint density at radius 3 is 2.28 bits per heavy atom. The number of hydrogen-bond acceptors (Lipinski definition) is 5. The lowest BCUT2D eigenvalue weighted by Gasteiger charge is -2.40. The van der Waals surface area contributed by atoms with Crippen molar-refractivity contribution in [2.24, 2.45) is 0 Å². The fourth-order valence-electron chi connectivity index (χ4n) is 4.40. The van der Waals surface area contributed by atoms with E-state index in [9.17, 15) is 14.4 Å². The van der Waals surface area contributed by atoms with Crippen LogP contribution in [-0.2, 0) is 11.3 Å². The average molecular weight is 437 g/mol. The largest absolute Gasteiger partial charge is 0.337 e. The predicted octanol–water partition coefficient (Wildman–Crippen LogP) is 1.57. The minimum atomic E-state index is -0.877. The zero-order valence-electron chi connectivity index (χ0n) is 18.0. The van der Waals surface area contributed by atoms with Gasteiger partial charge in [0.25, 0.3) is 5.91 Å². The van der Waals surface area contributed by atoms with Crippen LogP contribution in [0.25, 0.3) is 0 Å². The first kappa shape index (κ1) is 21.7. The van der Waals surface area contributed by atoms with Crippen LogP contribution in [0.2, 0.25) is 0 Å². The Hall–Kier alpha value is -3.49. The summed E-state index contributed by atoms with van der Waals surface area (Å²) in [7, 11) is 0. The molecule has 0 radical (unpaired) electrons. The maximum atomic E-state index is 13.4. The number of aromatic nitrogens is 2. The highest BCUT2D eigenvalue weighted by Gasteiger charge is 2.45. The lowest BCUT2D eigenvalue weighted by molar-refractivity contribution is -0.139. The quantitative estimate of drug-likeness (QED) is 0.740. The molecule has 0 unspecified atom stereocenters. The molecule has 1 saturated heterocycles. The van der Waals surface area contributed by atoms with Crippen LogP contribution >= 0.6 is 0 Å². The zero-order valence-corrected chi connectivity index (χ0v) is 18.0. The van der Waals surface area contributed by atoms with Gasteiger partial charge in [-0.1, -0.05) is 43.2 Å². The summed E-state index contributed by atoms with van der Waals surface area (Å²) >= 11 is 0. The summed E-state index contributed by atoms with van der Waals surface area (Å²) in [6, 6.07) is 9.32. The molecule has 0 bridgehead atoms. The van der Waals surface area contributed by atoms with E-state index in [1.165, 1.54) is 18.6 Å². The molecule has 9 nitrogen and oxygen atoms in total. The van der Waals surface area contributed by atoms with Gasteiger partial charge in [0.05, 0.1) is 6.20 Å². The van der Waals surface area contributed by atoms with Gasteiger partial charge in [-0.25, -0.2) is 9.78 Å². The van der Waals surface area contributed by atoms with Gasteiger partial charge in [-0.05, 0) is 18.4 Å². The van der Waals surface area contributed by atoms with Crippen molar-refractivity contribution in [1.29, 1.82) is 0 Å². The Morgan fingerprint density at radius 1 is 0.938 bits per heavy atom. The van der Waals surface area contributed by atoms with Crippen LogP contribution in [0.15, 0.2) is 48.9 Å². The van der Waals surface area contributed by atoms with E-state index in [0.717, 1.165) is 18.4 Å². The summed E-state index contributed by atoms with van der Waals surface area (Å²) in [6.07, 6.45) is 7.52. The number of piperazine rings is 1. The number of benzene rings is 1. The second-order valence-corrected chi connectivity index (χ2v) is 8.26. The van der Waals surface area contributed by atoms with E-state index in [0.29, 0.717) is 51.3 Å². The molecule has 2 fully saturated rings. The Bertz CT molecular complexity index is 939. The smallest absolute Gasteiger partial charge is 0.315 e. The Morgan fingerprint density at radius 2 is 1.62 bits per heavy atom. The third-order valence-corrected chi connectivity index (χ3v) is 6.15. The summed E-state index contributed by atoms with van der Waals surface area (Å²) in [6.45, 7) is 2.12. The van der Waals surface area contributed by atoms with Crippen molar-refractivity contribution in [1.82, 2.24) is 30.4 Å². The summed E-state index contributed by atoms with van der Waals surface area (Å²) in [5, 5.41) is 5.84. The lowest BCUT2D eigenvalue weighted by Crippen LogP contribution is -2.62. The molecule has 0 atom stereocenters. The number of nitrogens with one attached hydrogen (secondary N) is 2. The van der Waals surface area contributed by atoms with E-state index in [4.69, 9.17) is 0 Å². The van der Waals surface area contributed by atoms with Crippen molar-refractivity contribution in [2.45, 2.75) is 37.8 Å². The SMILES string of the molecule is O=C(NCc1ccccc1)NC1(C(=O)N2CCN(C(=O)c3cnccn3)CC2)CCCC1. The van der Waals surface area contributed by atoms with Gasteiger partial charge in [-0.15, -0.1) is 0 Å². The first-order chi connectivity index (χ1) is 15.6. The van der Waals surface area contributed by atoms with Crippen LogP contribution in [-0.4, -0.2) is 69.3 Å². The fraction of sp³-hybridized carbons (Fsp3) is 0.435. The number of nitrogens with zero attached hydrogens (tertiary/aromatic N) is 4. The van der Waals surface area contributed by atoms with Gasteiger partial charge < -0.3 is 20.4 Å². The topological polar surface area (TPSA) is 108 Å². The molecule has 2 aliphatic rings. The molecule has 9 heteroatoms. The van der Waals surface area contributed by atoms with Gasteiger partial charge in [0.2, 0.25) is 5.91 Å². The predicted molar refractivity (Wildman–Crippen MR) is 118 cm³/mol. The highest BCUT2D eigenvalue weighted by molar-refractivity contribution is 5.93. The molecule has 1 aromatic carbocycles. The second-order valence-electron chi connectivity index (χ2n) is 8.26. The van der Waals surface area contributed by atoms with E-state index in [2.05, 4.69) is 20.6 Å². The van der Waals surface area contributed by atoms with E-state index in [1.54, 1.807) is 9.80 Å². The Labute approximate surface area is 187 Å². The second kappa shape index (κ2) is 9.76. The van der Waals surface area contributed by atoms with Crippen molar-refractivity contribution in [3.8, 4) is 0 Å². The highest BCUT2D eigenvalue weighted by atomic mass is 16.2. The maximum Gasteiger partial charge on any atom is 0.315 e. The van der Waals surface area contributed by atoms with Gasteiger partial charge in [-0.3, -0.25) is 14.6 Å². The van der Waals surface area contributed by atoms with Crippen LogP contribution in [0.5, 0.6) is 0 Å². The third-order valence-electron chi connectivity index (χ3n) is 6.15. The zero-order chi connectivity index (χ0) is 22.4. The van der Waals surface area contributed by atoms with E-state index < -0.39 is 5.54 Å². The summed E-state index contributed by atoms with van der Waals surface area (Å²) in [5.74, 6) is -0.240. The van der Waals surface area contributed by atoms with Crippen molar-refractivity contribution in [2.75, 3.05) is 26.2 Å². The molecule has 168 valence electrons. The minimum Gasteiger partial charge on any atom is -0.337 e. The van der Waals surface area contributed by atoms with E-state index >= 15 is 0 Å². The molecule has 2 N–H and O–H groups in total. The maximum absolute atomic E-state index is 13.4. The molecule has 2 heterocycles. The van der Waals surface area contributed by atoms with Crippen molar-refractivity contribution >= 4 is 17.8 Å². The van der Waals surface area contributed by atoms with Gasteiger partial charge in [0.15, 0.2) is 0 Å². The number of urea groups is 1. The molecule has 2 aromatic rings. The van der Waals surface area contributed by atoms with Gasteiger partial charge >= 0.3 is 6.03 Å². The Kier molecular flexibility index (Phi) is 6.63. The van der Waals surface area contributed by atoms with Gasteiger partial charge in [0.1, 0.15) is 11.2 Å². The molecule has 1 saturated carbocycles. The minimum absolute atomic E-state index is 0.0588. The number of amides is 4. The number of rotatable bonds is 5. The normalized spacial score (nSPS) is 17.6. The Balaban J connectivity index is 1.34. The average Bonchev–Trinajstić information content (AvgIpc) is 3.32. The van der Waals surface area contributed by atoms with Crippen molar-refractivity contribution < 1.29 is 14.4 Å². The van der Waals surface area contributed by atoms with Crippen LogP contribution < -0.4 is 10.6 Å². The molecular weight excluding hydrogens is 408 g/mol. The lowest BCUT2D eigenvalue weighted by atomic mass is 9.95. The summed E-state index contributed by atoms with van der Waals surface area (Å²) in [5.41, 5.74) is 0.423. The van der Waals surface area contributed by atoms with Crippen LogP contribution in [0.4, 0.5) is 4.79 Å². The first-order valence-corrected chi connectivity index (χ1v) is 11.0. The molecule has 4 amide bonds. The van der Waals surface area contributed by atoms with Crippen LogP contribution in [0.3, 0.4) is 0 Å². The summed E-state index contributed by atoms with van der Waals surface area (Å²) < 4.78 is 0. The highest BCUT2D eigenvalue weighted by Crippen LogP contribution is 2.32. The standard InChI is InChI=1S/C23H28N6O3/c30-20(19-17-24-10-11-25-19)28-12-14-29(15-13-28)21(31)23(8-4-5-9-23)27-22(32)26-16-18-6-2-1-3-7-18/h1-3,6-7,10-11,17H,4-5,8-9,12-16H2,(H2,26,27,32). The summed E-state index contributed by atoms with van der Waals surface area (Å²) in [4.78, 5) is 50.1. The van der Waals surface area contributed by atoms with Gasteiger partial charge in [-0.2, -0.15) is 0 Å². The van der Waals surface area contributed by atoms with E-state index in [1.807, 2.05) is 30.3 Å². The third kappa shape index (κ3) is 4.87. The molecule has 0 spiro atoms. The molecular formula is C23H28N6O3. The number of carbonyl (C=O) groups is 3. The monoisotopic (exact) mass is 436 g/mol. The first-order valence-electron chi connectivity index (χ1n) is 11.0. The molecule has 4 rings (SSSR count). The molecule has 1 aliphatic carbocycles. The number of hydrogen-bond donors (Lipinski definition) is 2. The molecule has 32 heavy (non-hydrogen) atoms. The van der Waals surface area contributed by atoms with Crippen molar-refractivity contribution in [3.05, 3.63) is 60.2 Å². The molecule has 1 aliphatic heterocycles. The van der Waals surface area contributed by atoms with Crippen molar-refractivity contribution in [3.63, 3.8) is 0 Å². The van der Waals surface area contributed by atoms with Crippen LogP contribution in [0, 0.1) is 0 Å². The fourth-order valence-corrected chi connectivity index (χ4v) is 4.40.